The van der Waals surface area contributed by atoms with Crippen molar-refractivity contribution in [2.45, 2.75) is 0 Å². The molecule has 0 aliphatic carbocycles. The lowest BCUT2D eigenvalue weighted by Crippen LogP contribution is -2.00. The highest BCUT2D eigenvalue weighted by Gasteiger charge is 2.18. The van der Waals surface area contributed by atoms with E-state index in [1.54, 1.807) is 0 Å². The molecule has 0 atom stereocenters. The standard InChI is InChI=1S/C63H38N4O/c1-4-14-39(15-5-1)61-64-62(40-16-6-2-7-17-40)66-63(65-61)45-28-33-55-54-32-27-44(37-59(54)68-60(55)38-45)43-26-31-53-52-30-25-42(35-57(52)67(58(53)36-43)46-18-8-3-9-19-46)41-24-29-51-49-22-11-10-20-47(49)48-21-12-13-23-50(48)56(51)34-41/h1-38H. The van der Waals surface area contributed by atoms with Crippen LogP contribution in [0, 0.1) is 0 Å². The van der Waals surface area contributed by atoms with Gasteiger partial charge in [-0.1, -0.05) is 176 Å². The van der Waals surface area contributed by atoms with Crippen LogP contribution in [0.15, 0.2) is 235 Å². The van der Waals surface area contributed by atoms with Gasteiger partial charge in [0.25, 0.3) is 0 Å². The summed E-state index contributed by atoms with van der Waals surface area (Å²) in [6.45, 7) is 0. The fourth-order valence-corrected chi connectivity index (χ4v) is 10.4. The van der Waals surface area contributed by atoms with Crippen LogP contribution < -0.4 is 0 Å². The summed E-state index contributed by atoms with van der Waals surface area (Å²) in [4.78, 5) is 14.8. The molecule has 0 radical (unpaired) electrons. The Balaban J connectivity index is 0.874. The van der Waals surface area contributed by atoms with Gasteiger partial charge < -0.3 is 8.98 Å². The van der Waals surface area contributed by atoms with E-state index in [0.717, 1.165) is 66.5 Å². The van der Waals surface area contributed by atoms with Crippen molar-refractivity contribution in [1.82, 2.24) is 19.5 Å². The van der Waals surface area contributed by atoms with Gasteiger partial charge in [0, 0.05) is 43.9 Å². The summed E-state index contributed by atoms with van der Waals surface area (Å²) in [5, 5.41) is 12.2. The van der Waals surface area contributed by atoms with E-state index in [9.17, 15) is 0 Å². The van der Waals surface area contributed by atoms with Crippen molar-refractivity contribution in [2.24, 2.45) is 0 Å². The minimum atomic E-state index is 0.592. The molecular formula is C63H38N4O. The van der Waals surface area contributed by atoms with Crippen LogP contribution >= 0.6 is 0 Å². The zero-order valence-corrected chi connectivity index (χ0v) is 36.6. The van der Waals surface area contributed by atoms with Crippen LogP contribution in [0.4, 0.5) is 0 Å². The van der Waals surface area contributed by atoms with E-state index in [1.807, 2.05) is 60.7 Å². The minimum Gasteiger partial charge on any atom is -0.456 e. The van der Waals surface area contributed by atoms with Crippen molar-refractivity contribution in [3.05, 3.63) is 231 Å². The predicted octanol–water partition coefficient (Wildman–Crippen LogP) is 16.7. The molecule has 3 aromatic heterocycles. The van der Waals surface area contributed by atoms with Crippen molar-refractivity contribution < 1.29 is 4.42 Å². The summed E-state index contributed by atoms with van der Waals surface area (Å²) >= 11 is 0. The third-order valence-corrected chi connectivity index (χ3v) is 13.6. The van der Waals surface area contributed by atoms with Gasteiger partial charge in [-0.15, -0.1) is 0 Å². The second-order valence-electron chi connectivity index (χ2n) is 17.5. The molecule has 0 bridgehead atoms. The van der Waals surface area contributed by atoms with Crippen LogP contribution in [0.1, 0.15) is 0 Å². The molecule has 0 spiro atoms. The van der Waals surface area contributed by atoms with Gasteiger partial charge in [0.05, 0.1) is 11.0 Å². The molecule has 0 aliphatic rings. The zero-order chi connectivity index (χ0) is 44.7. The molecule has 68 heavy (non-hydrogen) atoms. The summed E-state index contributed by atoms with van der Waals surface area (Å²) in [6, 6.07) is 81.9. The lowest BCUT2D eigenvalue weighted by molar-refractivity contribution is 0.669. The Morgan fingerprint density at radius 1 is 0.250 bits per heavy atom. The smallest absolute Gasteiger partial charge is 0.164 e. The largest absolute Gasteiger partial charge is 0.456 e. The van der Waals surface area contributed by atoms with E-state index in [0.29, 0.717) is 17.5 Å². The average molecular weight is 867 g/mol. The molecule has 316 valence electrons. The maximum Gasteiger partial charge on any atom is 0.164 e. The average Bonchev–Trinajstić information content (AvgIpc) is 3.95. The topological polar surface area (TPSA) is 56.7 Å². The first kappa shape index (κ1) is 38.1. The monoisotopic (exact) mass is 866 g/mol. The first-order valence-corrected chi connectivity index (χ1v) is 23.0. The second-order valence-corrected chi connectivity index (χ2v) is 17.5. The molecule has 14 aromatic rings. The van der Waals surface area contributed by atoms with Gasteiger partial charge >= 0.3 is 0 Å². The molecule has 0 saturated heterocycles. The van der Waals surface area contributed by atoms with Gasteiger partial charge in [0.1, 0.15) is 11.2 Å². The minimum absolute atomic E-state index is 0.592. The molecule has 0 unspecified atom stereocenters. The van der Waals surface area contributed by atoms with Gasteiger partial charge in [-0.25, -0.2) is 15.0 Å². The number of aromatic nitrogens is 4. The molecule has 0 aliphatic heterocycles. The molecule has 0 amide bonds. The van der Waals surface area contributed by atoms with Gasteiger partial charge in [-0.3, -0.25) is 0 Å². The highest BCUT2D eigenvalue weighted by molar-refractivity contribution is 6.26. The van der Waals surface area contributed by atoms with Crippen LogP contribution in [-0.2, 0) is 0 Å². The summed E-state index contributed by atoms with van der Waals surface area (Å²) in [5.74, 6) is 1.84. The normalized spacial score (nSPS) is 11.8. The molecular weight excluding hydrogens is 829 g/mol. The summed E-state index contributed by atoms with van der Waals surface area (Å²) < 4.78 is 9.10. The van der Waals surface area contributed by atoms with E-state index in [-0.39, 0.29) is 0 Å². The van der Waals surface area contributed by atoms with E-state index < -0.39 is 0 Å². The fourth-order valence-electron chi connectivity index (χ4n) is 10.4. The second kappa shape index (κ2) is 15.2. The molecule has 3 heterocycles. The Kier molecular flexibility index (Phi) is 8.52. The summed E-state index contributed by atoms with van der Waals surface area (Å²) in [7, 11) is 0. The summed E-state index contributed by atoms with van der Waals surface area (Å²) in [5.41, 5.74) is 12.3. The fraction of sp³-hybridized carbons (Fsp3) is 0. The molecule has 0 N–H and O–H groups in total. The summed E-state index contributed by atoms with van der Waals surface area (Å²) in [6.07, 6.45) is 0. The van der Waals surface area contributed by atoms with Gasteiger partial charge in [-0.2, -0.15) is 0 Å². The van der Waals surface area contributed by atoms with Gasteiger partial charge in [-0.05, 0) is 109 Å². The third kappa shape index (κ3) is 6.14. The molecule has 11 aromatic carbocycles. The highest BCUT2D eigenvalue weighted by Crippen LogP contribution is 2.41. The maximum absolute atomic E-state index is 6.69. The number of hydrogen-bond donors (Lipinski definition) is 0. The van der Waals surface area contributed by atoms with Crippen LogP contribution in [-0.4, -0.2) is 19.5 Å². The molecule has 0 saturated carbocycles. The van der Waals surface area contributed by atoms with Gasteiger partial charge in [0.2, 0.25) is 0 Å². The zero-order valence-electron chi connectivity index (χ0n) is 36.6. The Labute approximate surface area is 390 Å². The third-order valence-electron chi connectivity index (χ3n) is 13.6. The molecule has 0 fully saturated rings. The van der Waals surface area contributed by atoms with Crippen LogP contribution in [0.2, 0.25) is 0 Å². The van der Waals surface area contributed by atoms with Crippen LogP contribution in [0.5, 0.6) is 0 Å². The molecule has 14 rings (SSSR count). The number of fused-ring (bicyclic) bond motifs is 12. The quantitative estimate of drug-likeness (QED) is 0.156. The highest BCUT2D eigenvalue weighted by atomic mass is 16.3. The first-order valence-electron chi connectivity index (χ1n) is 23.0. The Morgan fingerprint density at radius 3 is 1.12 bits per heavy atom. The van der Waals surface area contributed by atoms with E-state index >= 15 is 0 Å². The SMILES string of the molecule is c1ccc(-c2nc(-c3ccccc3)nc(-c3ccc4c(c3)oc3cc(-c5ccc6c7ccc(-c8ccc9c%10ccccc%10c%10ccccc%10c9c8)cc7n(-c7ccccc7)c6c5)ccc34)n2)cc1. The number of hydrogen-bond acceptors (Lipinski definition) is 4. The Morgan fingerprint density at radius 2 is 0.603 bits per heavy atom. The van der Waals surface area contributed by atoms with Crippen molar-refractivity contribution >= 4 is 76.1 Å². The maximum atomic E-state index is 6.69. The molecule has 5 nitrogen and oxygen atoms in total. The van der Waals surface area contributed by atoms with Crippen molar-refractivity contribution in [2.75, 3.05) is 0 Å². The van der Waals surface area contributed by atoms with Crippen molar-refractivity contribution in [1.29, 1.82) is 0 Å². The van der Waals surface area contributed by atoms with Crippen LogP contribution in [0.3, 0.4) is 0 Å². The number of rotatable bonds is 6. The number of benzene rings is 11. The lowest BCUT2D eigenvalue weighted by atomic mass is 9.92. The van der Waals surface area contributed by atoms with Crippen molar-refractivity contribution in [3.8, 4) is 62.1 Å². The van der Waals surface area contributed by atoms with E-state index in [2.05, 4.69) is 174 Å². The molecule has 5 heteroatoms. The first-order chi connectivity index (χ1) is 33.7. The number of furan rings is 1. The van der Waals surface area contributed by atoms with E-state index in [1.165, 1.54) is 54.2 Å². The van der Waals surface area contributed by atoms with Crippen molar-refractivity contribution in [3.63, 3.8) is 0 Å². The van der Waals surface area contributed by atoms with Crippen LogP contribution in [0.25, 0.3) is 138 Å². The predicted molar refractivity (Wildman–Crippen MR) is 281 cm³/mol. The van der Waals surface area contributed by atoms with Gasteiger partial charge in [0.15, 0.2) is 17.5 Å². The number of nitrogens with zero attached hydrogens (tertiary/aromatic N) is 4. The Bertz CT molecular complexity index is 4210. The lowest BCUT2D eigenvalue weighted by Gasteiger charge is -2.13. The Hall–Kier alpha value is -9.19. The number of para-hydroxylation sites is 1. The van der Waals surface area contributed by atoms with E-state index in [4.69, 9.17) is 19.4 Å².